The monoisotopic (exact) mass is 130 g/mol. The maximum atomic E-state index is 9.14. The summed E-state index contributed by atoms with van der Waals surface area (Å²) in [5.74, 6) is -0.0949. The van der Waals surface area contributed by atoms with Gasteiger partial charge in [-0.15, -0.1) is 0 Å². The lowest BCUT2D eigenvalue weighted by Crippen LogP contribution is -2.21. The summed E-state index contributed by atoms with van der Waals surface area (Å²) < 4.78 is 0. The van der Waals surface area contributed by atoms with Crippen LogP contribution < -0.4 is 0 Å². The Labute approximate surface area is 55.8 Å². The molecule has 0 heterocycles. The molecule has 0 saturated heterocycles. The van der Waals surface area contributed by atoms with Crippen LogP contribution in [0.5, 0.6) is 0 Å². The van der Waals surface area contributed by atoms with E-state index < -0.39 is 6.10 Å². The normalized spacial score (nSPS) is 16.9. The molecule has 9 heavy (non-hydrogen) atoms. The Balaban J connectivity index is 3.72. The van der Waals surface area contributed by atoms with Gasteiger partial charge in [0, 0.05) is 12.5 Å². The molecule has 0 aromatic rings. The second kappa shape index (κ2) is 3.64. The minimum atomic E-state index is -0.560. The third kappa shape index (κ3) is 2.63. The summed E-state index contributed by atoms with van der Waals surface area (Å²) in [4.78, 5) is 0. The van der Waals surface area contributed by atoms with Crippen molar-refractivity contribution in [1.29, 1.82) is 0 Å². The Hall–Kier alpha value is -0.340. The Morgan fingerprint density at radius 3 is 2.22 bits per heavy atom. The van der Waals surface area contributed by atoms with Gasteiger partial charge in [-0.2, -0.15) is 0 Å². The fraction of sp³-hybridized carbons (Fsp3) is 0.714. The SMILES string of the molecule is C=C(C)[C@H](O)C(C)CO. The standard InChI is InChI=1S/C7H14O2/c1-5(2)7(9)6(3)4-8/h6-9H,1,4H2,2-3H3/t6?,7-/m0/s1. The van der Waals surface area contributed by atoms with Gasteiger partial charge in [-0.1, -0.05) is 19.1 Å². The zero-order valence-corrected chi connectivity index (χ0v) is 5.96. The topological polar surface area (TPSA) is 40.5 Å². The molecule has 0 rings (SSSR count). The summed E-state index contributed by atoms with van der Waals surface area (Å²) in [6.07, 6.45) is -0.560. The van der Waals surface area contributed by atoms with Crippen LogP contribution >= 0.6 is 0 Å². The molecule has 0 spiro atoms. The second-order valence-corrected chi connectivity index (χ2v) is 2.45. The first kappa shape index (κ1) is 8.66. The van der Waals surface area contributed by atoms with Crippen molar-refractivity contribution in [2.45, 2.75) is 20.0 Å². The first-order valence-electron chi connectivity index (χ1n) is 3.04. The van der Waals surface area contributed by atoms with E-state index in [0.717, 1.165) is 0 Å². The molecule has 0 aromatic heterocycles. The van der Waals surface area contributed by atoms with Crippen LogP contribution in [0.3, 0.4) is 0 Å². The highest BCUT2D eigenvalue weighted by Gasteiger charge is 2.12. The van der Waals surface area contributed by atoms with Gasteiger partial charge in [-0.3, -0.25) is 0 Å². The van der Waals surface area contributed by atoms with Crippen molar-refractivity contribution >= 4 is 0 Å². The number of hydrogen-bond donors (Lipinski definition) is 2. The lowest BCUT2D eigenvalue weighted by atomic mass is 10.0. The average Bonchev–Trinajstić information content (AvgIpc) is 1.84. The van der Waals surface area contributed by atoms with Crippen LogP contribution in [0, 0.1) is 5.92 Å². The van der Waals surface area contributed by atoms with Crippen molar-refractivity contribution in [1.82, 2.24) is 0 Å². The number of aliphatic hydroxyl groups is 2. The van der Waals surface area contributed by atoms with Gasteiger partial charge < -0.3 is 10.2 Å². The maximum absolute atomic E-state index is 9.14. The van der Waals surface area contributed by atoms with Crippen LogP contribution in [0.1, 0.15) is 13.8 Å². The van der Waals surface area contributed by atoms with Gasteiger partial charge in [0.05, 0.1) is 6.10 Å². The molecule has 0 amide bonds. The van der Waals surface area contributed by atoms with Gasteiger partial charge in [-0.25, -0.2) is 0 Å². The Kier molecular flexibility index (Phi) is 3.50. The van der Waals surface area contributed by atoms with Crippen molar-refractivity contribution < 1.29 is 10.2 Å². The second-order valence-electron chi connectivity index (χ2n) is 2.45. The van der Waals surface area contributed by atoms with Crippen LogP contribution in [-0.2, 0) is 0 Å². The fourth-order valence-electron chi connectivity index (χ4n) is 0.586. The summed E-state index contributed by atoms with van der Waals surface area (Å²) in [5.41, 5.74) is 0.705. The van der Waals surface area contributed by atoms with E-state index in [0.29, 0.717) is 5.57 Å². The molecule has 0 aliphatic rings. The first-order chi connectivity index (χ1) is 4.09. The summed E-state index contributed by atoms with van der Waals surface area (Å²) in [5, 5.41) is 17.7. The molecule has 0 aliphatic carbocycles. The Bertz CT molecular complexity index is 99.1. The third-order valence-corrected chi connectivity index (χ3v) is 1.33. The van der Waals surface area contributed by atoms with Crippen molar-refractivity contribution in [3.63, 3.8) is 0 Å². The van der Waals surface area contributed by atoms with Crippen molar-refractivity contribution in [2.75, 3.05) is 6.61 Å². The van der Waals surface area contributed by atoms with Crippen molar-refractivity contribution in [2.24, 2.45) is 5.92 Å². The molecule has 0 saturated carbocycles. The van der Waals surface area contributed by atoms with Gasteiger partial charge >= 0.3 is 0 Å². The minimum Gasteiger partial charge on any atom is -0.396 e. The van der Waals surface area contributed by atoms with Crippen LogP contribution in [-0.4, -0.2) is 22.9 Å². The quantitative estimate of drug-likeness (QED) is 0.548. The number of hydrogen-bond acceptors (Lipinski definition) is 2. The van der Waals surface area contributed by atoms with E-state index in [2.05, 4.69) is 6.58 Å². The lowest BCUT2D eigenvalue weighted by molar-refractivity contribution is 0.103. The highest BCUT2D eigenvalue weighted by atomic mass is 16.3. The van der Waals surface area contributed by atoms with E-state index >= 15 is 0 Å². The fourth-order valence-corrected chi connectivity index (χ4v) is 0.586. The predicted molar refractivity (Wildman–Crippen MR) is 37.1 cm³/mol. The van der Waals surface area contributed by atoms with Gasteiger partial charge in [0.15, 0.2) is 0 Å². The highest BCUT2D eigenvalue weighted by Crippen LogP contribution is 2.08. The molecule has 1 unspecified atom stereocenters. The molecule has 0 fully saturated rings. The molecule has 0 radical (unpaired) electrons. The third-order valence-electron chi connectivity index (χ3n) is 1.33. The molecular formula is C7H14O2. The van der Waals surface area contributed by atoms with Crippen molar-refractivity contribution in [3.8, 4) is 0 Å². The molecule has 0 aromatic carbocycles. The molecule has 2 nitrogen and oxygen atoms in total. The van der Waals surface area contributed by atoms with E-state index in [9.17, 15) is 0 Å². The first-order valence-corrected chi connectivity index (χ1v) is 3.04. The molecule has 2 heteroatoms. The number of aliphatic hydroxyl groups excluding tert-OH is 2. The maximum Gasteiger partial charge on any atom is 0.0792 e. The van der Waals surface area contributed by atoms with E-state index in [-0.39, 0.29) is 12.5 Å². The summed E-state index contributed by atoms with van der Waals surface area (Å²) in [6, 6.07) is 0. The minimum absolute atomic E-state index is 0.00796. The Morgan fingerprint density at radius 2 is 2.11 bits per heavy atom. The van der Waals surface area contributed by atoms with E-state index in [1.165, 1.54) is 0 Å². The number of rotatable bonds is 3. The lowest BCUT2D eigenvalue weighted by Gasteiger charge is -2.15. The van der Waals surface area contributed by atoms with Crippen LogP contribution in [0.15, 0.2) is 12.2 Å². The van der Waals surface area contributed by atoms with Crippen LogP contribution in [0.2, 0.25) is 0 Å². The highest BCUT2D eigenvalue weighted by molar-refractivity contribution is 4.98. The predicted octanol–water partition coefficient (Wildman–Crippen LogP) is 0.552. The van der Waals surface area contributed by atoms with Crippen molar-refractivity contribution in [3.05, 3.63) is 12.2 Å². The molecule has 2 atom stereocenters. The summed E-state index contributed by atoms with van der Waals surface area (Å²) >= 11 is 0. The summed E-state index contributed by atoms with van der Waals surface area (Å²) in [6.45, 7) is 7.09. The van der Waals surface area contributed by atoms with Crippen LogP contribution in [0.4, 0.5) is 0 Å². The average molecular weight is 130 g/mol. The molecule has 0 bridgehead atoms. The zero-order chi connectivity index (χ0) is 7.44. The molecule has 54 valence electrons. The smallest absolute Gasteiger partial charge is 0.0792 e. The zero-order valence-electron chi connectivity index (χ0n) is 5.96. The van der Waals surface area contributed by atoms with E-state index in [4.69, 9.17) is 10.2 Å². The van der Waals surface area contributed by atoms with Gasteiger partial charge in [0.2, 0.25) is 0 Å². The Morgan fingerprint density at radius 1 is 1.67 bits per heavy atom. The van der Waals surface area contributed by atoms with E-state index in [1.54, 1.807) is 13.8 Å². The summed E-state index contributed by atoms with van der Waals surface area (Å²) in [7, 11) is 0. The van der Waals surface area contributed by atoms with Gasteiger partial charge in [0.1, 0.15) is 0 Å². The largest absolute Gasteiger partial charge is 0.396 e. The molecule has 2 N–H and O–H groups in total. The van der Waals surface area contributed by atoms with Crippen LogP contribution in [0.25, 0.3) is 0 Å². The van der Waals surface area contributed by atoms with E-state index in [1.807, 2.05) is 0 Å². The molecular weight excluding hydrogens is 116 g/mol. The van der Waals surface area contributed by atoms with Gasteiger partial charge in [-0.05, 0) is 6.92 Å². The van der Waals surface area contributed by atoms with Gasteiger partial charge in [0.25, 0.3) is 0 Å². The molecule has 0 aliphatic heterocycles.